The number of likely N-dealkylation sites (tertiary alicyclic amines) is 1. The Labute approximate surface area is 113 Å². The molecule has 1 heterocycles. The Bertz CT molecular complexity index is 476. The molecule has 2 aliphatic rings. The van der Waals surface area contributed by atoms with Gasteiger partial charge in [0.15, 0.2) is 0 Å². The number of amides is 1. The van der Waals surface area contributed by atoms with Gasteiger partial charge < -0.3 is 14.7 Å². The number of benzene rings is 1. The molecule has 1 aromatic carbocycles. The normalized spacial score (nSPS) is 32.0. The van der Waals surface area contributed by atoms with Crippen molar-refractivity contribution in [3.8, 4) is 0 Å². The predicted molar refractivity (Wildman–Crippen MR) is 70.4 cm³/mol. The van der Waals surface area contributed by atoms with E-state index >= 15 is 0 Å². The number of aliphatic hydroxyl groups is 1. The molecule has 1 aliphatic heterocycles. The van der Waals surface area contributed by atoms with E-state index < -0.39 is 0 Å². The van der Waals surface area contributed by atoms with E-state index in [4.69, 9.17) is 4.74 Å². The minimum absolute atomic E-state index is 0.112. The van der Waals surface area contributed by atoms with E-state index in [0.29, 0.717) is 25.0 Å². The molecule has 1 N–H and O–H groups in total. The molecule has 2 fully saturated rings. The number of carbonyl (C=O) groups excluding carboxylic acids is 1. The number of rotatable bonds is 3. The van der Waals surface area contributed by atoms with Crippen molar-refractivity contribution in [2.75, 3.05) is 19.7 Å². The van der Waals surface area contributed by atoms with E-state index in [9.17, 15) is 9.90 Å². The van der Waals surface area contributed by atoms with Gasteiger partial charge in [0.05, 0.1) is 0 Å². The zero-order chi connectivity index (χ0) is 13.5. The van der Waals surface area contributed by atoms with Crippen LogP contribution in [0.4, 0.5) is 4.79 Å². The lowest BCUT2D eigenvalue weighted by atomic mass is 10.1. The van der Waals surface area contributed by atoms with Crippen LogP contribution in [0.2, 0.25) is 0 Å². The number of ether oxygens (including phenoxy) is 1. The summed E-state index contributed by atoms with van der Waals surface area (Å²) >= 11 is 0. The molecular formula is C15H19NO3. The zero-order valence-corrected chi connectivity index (χ0v) is 11.1. The highest BCUT2D eigenvalue weighted by atomic mass is 16.6. The molecule has 4 heteroatoms. The van der Waals surface area contributed by atoms with E-state index in [0.717, 1.165) is 12.1 Å². The topological polar surface area (TPSA) is 49.8 Å². The molecule has 1 aliphatic carbocycles. The summed E-state index contributed by atoms with van der Waals surface area (Å²) in [5.41, 5.74) is 1.11. The lowest BCUT2D eigenvalue weighted by Crippen LogP contribution is -2.33. The van der Waals surface area contributed by atoms with Crippen molar-refractivity contribution < 1.29 is 14.6 Å². The maximum absolute atomic E-state index is 12.0. The van der Waals surface area contributed by atoms with Gasteiger partial charge in [-0.05, 0) is 22.8 Å². The van der Waals surface area contributed by atoms with Gasteiger partial charge in [0.1, 0.15) is 6.61 Å². The van der Waals surface area contributed by atoms with E-state index in [1.165, 1.54) is 0 Å². The lowest BCUT2D eigenvalue weighted by Gasteiger charge is -2.21. The number of nitrogens with zero attached hydrogens (tertiary/aromatic N) is 1. The number of fused-ring (bicyclic) bond motifs is 1. The molecule has 19 heavy (non-hydrogen) atoms. The van der Waals surface area contributed by atoms with Crippen LogP contribution in [0.3, 0.4) is 0 Å². The first-order valence-electron chi connectivity index (χ1n) is 6.71. The van der Waals surface area contributed by atoms with Crippen molar-refractivity contribution in [1.29, 1.82) is 0 Å². The summed E-state index contributed by atoms with van der Waals surface area (Å²) in [6.45, 7) is 4.12. The van der Waals surface area contributed by atoms with E-state index in [2.05, 4.69) is 6.92 Å². The van der Waals surface area contributed by atoms with Crippen LogP contribution in [-0.2, 0) is 11.3 Å². The summed E-state index contributed by atoms with van der Waals surface area (Å²) in [7, 11) is 0. The second-order valence-electron chi connectivity index (χ2n) is 5.82. The molecular weight excluding hydrogens is 242 g/mol. The molecule has 0 radical (unpaired) electrons. The summed E-state index contributed by atoms with van der Waals surface area (Å²) in [6, 6.07) is 9.69. The van der Waals surface area contributed by atoms with Crippen LogP contribution in [0.25, 0.3) is 0 Å². The number of hydrogen-bond donors (Lipinski definition) is 1. The fourth-order valence-corrected chi connectivity index (χ4v) is 3.33. The number of aliphatic hydroxyl groups excluding tert-OH is 1. The van der Waals surface area contributed by atoms with Crippen molar-refractivity contribution in [2.45, 2.75) is 13.5 Å². The first-order chi connectivity index (χ1) is 9.15. The molecule has 3 unspecified atom stereocenters. The smallest absolute Gasteiger partial charge is 0.410 e. The zero-order valence-electron chi connectivity index (χ0n) is 11.1. The Morgan fingerprint density at radius 1 is 1.47 bits per heavy atom. The average Bonchev–Trinajstić information content (AvgIpc) is 2.81. The maximum Gasteiger partial charge on any atom is 0.410 e. The van der Waals surface area contributed by atoms with Crippen LogP contribution in [0.1, 0.15) is 12.5 Å². The van der Waals surface area contributed by atoms with Gasteiger partial charge in [0.2, 0.25) is 0 Å². The fraction of sp³-hybridized carbons (Fsp3) is 0.533. The average molecular weight is 261 g/mol. The second-order valence-corrected chi connectivity index (χ2v) is 5.82. The first kappa shape index (κ1) is 12.5. The largest absolute Gasteiger partial charge is 0.445 e. The van der Waals surface area contributed by atoms with Gasteiger partial charge in [-0.15, -0.1) is 0 Å². The molecule has 102 valence electrons. The standard InChI is InChI=1S/C15H19NO3/c1-15-10-16(7-12(15)13(15)8-17)14(18)19-9-11-5-3-2-4-6-11/h2-6,12-13,17H,7-10H2,1H3. The van der Waals surface area contributed by atoms with Gasteiger partial charge in [-0.2, -0.15) is 0 Å². The summed E-state index contributed by atoms with van der Waals surface area (Å²) in [4.78, 5) is 13.7. The third kappa shape index (κ3) is 2.10. The monoisotopic (exact) mass is 261 g/mol. The maximum atomic E-state index is 12.0. The molecule has 0 spiro atoms. The van der Waals surface area contributed by atoms with Crippen LogP contribution in [0, 0.1) is 17.3 Å². The number of piperidine rings is 1. The first-order valence-corrected chi connectivity index (χ1v) is 6.71. The predicted octanol–water partition coefficient (Wildman–Crippen LogP) is 1.88. The molecule has 1 saturated heterocycles. The molecule has 1 amide bonds. The second kappa shape index (κ2) is 4.53. The Hall–Kier alpha value is -1.55. The highest BCUT2D eigenvalue weighted by Gasteiger charge is 2.66. The molecule has 3 rings (SSSR count). The van der Waals surface area contributed by atoms with Gasteiger partial charge >= 0.3 is 6.09 Å². The summed E-state index contributed by atoms with van der Waals surface area (Å²) in [5.74, 6) is 0.812. The molecule has 1 saturated carbocycles. The van der Waals surface area contributed by atoms with Gasteiger partial charge in [-0.25, -0.2) is 4.79 Å². The van der Waals surface area contributed by atoms with E-state index in [-0.39, 0.29) is 18.1 Å². The van der Waals surface area contributed by atoms with E-state index in [1.807, 2.05) is 30.3 Å². The highest BCUT2D eigenvalue weighted by Crippen LogP contribution is 2.62. The van der Waals surface area contributed by atoms with Crippen LogP contribution in [0.15, 0.2) is 30.3 Å². The highest BCUT2D eigenvalue weighted by molar-refractivity contribution is 5.68. The Morgan fingerprint density at radius 3 is 2.79 bits per heavy atom. The van der Waals surface area contributed by atoms with Gasteiger partial charge in [0.25, 0.3) is 0 Å². The summed E-state index contributed by atoms with van der Waals surface area (Å²) in [6.07, 6.45) is -0.242. The third-order valence-electron chi connectivity index (χ3n) is 4.68. The number of carbonyl (C=O) groups is 1. The third-order valence-corrected chi connectivity index (χ3v) is 4.68. The van der Waals surface area contributed by atoms with Crippen molar-refractivity contribution in [3.63, 3.8) is 0 Å². The van der Waals surface area contributed by atoms with Crippen molar-refractivity contribution in [2.24, 2.45) is 17.3 Å². The van der Waals surface area contributed by atoms with Crippen LogP contribution < -0.4 is 0 Å². The molecule has 1 aromatic rings. The van der Waals surface area contributed by atoms with Gasteiger partial charge in [-0.1, -0.05) is 37.3 Å². The Balaban J connectivity index is 1.51. The Kier molecular flexibility index (Phi) is 2.97. The van der Waals surface area contributed by atoms with Crippen LogP contribution in [-0.4, -0.2) is 35.8 Å². The summed E-state index contributed by atoms with van der Waals surface area (Å²) in [5, 5.41) is 9.22. The minimum atomic E-state index is -0.242. The van der Waals surface area contributed by atoms with Gasteiger partial charge in [-0.3, -0.25) is 0 Å². The molecule has 3 atom stereocenters. The van der Waals surface area contributed by atoms with Crippen LogP contribution >= 0.6 is 0 Å². The quantitative estimate of drug-likeness (QED) is 0.904. The van der Waals surface area contributed by atoms with Crippen LogP contribution in [0.5, 0.6) is 0 Å². The fourth-order valence-electron chi connectivity index (χ4n) is 3.33. The van der Waals surface area contributed by atoms with Gasteiger partial charge in [0, 0.05) is 19.7 Å². The lowest BCUT2D eigenvalue weighted by molar-refractivity contribution is 0.0933. The van der Waals surface area contributed by atoms with Crippen molar-refractivity contribution >= 4 is 6.09 Å². The minimum Gasteiger partial charge on any atom is -0.445 e. The SMILES string of the molecule is CC12CN(C(=O)OCc3ccccc3)CC1C2CO. The molecule has 0 bridgehead atoms. The molecule has 0 aromatic heterocycles. The van der Waals surface area contributed by atoms with Crippen molar-refractivity contribution in [1.82, 2.24) is 4.90 Å². The Morgan fingerprint density at radius 2 is 2.21 bits per heavy atom. The van der Waals surface area contributed by atoms with E-state index in [1.54, 1.807) is 4.90 Å². The summed E-state index contributed by atoms with van der Waals surface area (Å²) < 4.78 is 5.32. The van der Waals surface area contributed by atoms with Crippen molar-refractivity contribution in [3.05, 3.63) is 35.9 Å². The number of hydrogen-bond acceptors (Lipinski definition) is 3. The molecule has 4 nitrogen and oxygen atoms in total.